The van der Waals surface area contributed by atoms with Crippen molar-refractivity contribution in [3.05, 3.63) is 77.6 Å². The van der Waals surface area contributed by atoms with Crippen LogP contribution in [-0.4, -0.2) is 57.2 Å². The minimum atomic E-state index is -0.350. The molecule has 2 aliphatic rings. The number of hydrogen-bond acceptors (Lipinski definition) is 7. The summed E-state index contributed by atoms with van der Waals surface area (Å²) in [4.78, 5) is 30.5. The van der Waals surface area contributed by atoms with E-state index >= 15 is 0 Å². The molecule has 0 saturated carbocycles. The van der Waals surface area contributed by atoms with E-state index in [1.807, 2.05) is 10.9 Å². The lowest BCUT2D eigenvalue weighted by Crippen LogP contribution is -2.47. The summed E-state index contributed by atoms with van der Waals surface area (Å²) in [7, 11) is 0. The van der Waals surface area contributed by atoms with E-state index in [1.54, 1.807) is 0 Å². The molecule has 2 saturated heterocycles. The number of pyridine rings is 1. The van der Waals surface area contributed by atoms with Crippen molar-refractivity contribution in [2.24, 2.45) is 5.73 Å². The lowest BCUT2D eigenvalue weighted by molar-refractivity contribution is -0.133. The molecule has 9 heteroatoms. The van der Waals surface area contributed by atoms with Crippen LogP contribution in [0.15, 0.2) is 60.9 Å². The summed E-state index contributed by atoms with van der Waals surface area (Å²) in [6, 6.07) is 16.7. The number of carbonyl (C=O) groups is 2. The van der Waals surface area contributed by atoms with Crippen LogP contribution in [0.1, 0.15) is 61.1 Å². The molecule has 1 unspecified atom stereocenters. The molecule has 0 aliphatic carbocycles. The van der Waals surface area contributed by atoms with Gasteiger partial charge in [-0.25, -0.2) is 4.98 Å². The number of imide groups is 1. The summed E-state index contributed by atoms with van der Waals surface area (Å²) in [5, 5.41) is 11.5. The van der Waals surface area contributed by atoms with Gasteiger partial charge in [-0.1, -0.05) is 30.3 Å². The summed E-state index contributed by atoms with van der Waals surface area (Å²) in [5.74, 6) is 0.135. The molecule has 224 valence electrons. The third-order valence-electron chi connectivity index (χ3n) is 9.01. The topological polar surface area (TPSA) is 118 Å². The largest absolute Gasteiger partial charge is 0.374 e. The maximum Gasteiger partial charge on any atom is 0.249 e. The number of benzene rings is 2. The molecule has 0 spiro atoms. The Balaban J connectivity index is 0.954. The van der Waals surface area contributed by atoms with Crippen molar-refractivity contribution in [3.8, 4) is 11.1 Å². The summed E-state index contributed by atoms with van der Waals surface area (Å²) >= 11 is 0. The fourth-order valence-electron chi connectivity index (χ4n) is 6.41. The van der Waals surface area contributed by atoms with Gasteiger partial charge in [0.15, 0.2) is 5.65 Å². The average Bonchev–Trinajstić information content (AvgIpc) is 3.45. The Hall–Kier alpha value is -4.08. The zero-order valence-electron chi connectivity index (χ0n) is 24.9. The van der Waals surface area contributed by atoms with Crippen molar-refractivity contribution in [2.75, 3.05) is 25.0 Å². The molecular weight excluding hydrogens is 538 g/mol. The summed E-state index contributed by atoms with van der Waals surface area (Å²) in [5.41, 5.74) is 13.6. The number of nitrogens with two attached hydrogens (primary N) is 1. The number of nitrogens with one attached hydrogen (secondary N) is 2. The highest BCUT2D eigenvalue weighted by Gasteiger charge is 2.26. The van der Waals surface area contributed by atoms with E-state index in [0.717, 1.165) is 74.1 Å². The van der Waals surface area contributed by atoms with E-state index in [1.165, 1.54) is 22.3 Å². The Labute approximate surface area is 252 Å². The fraction of sp³-hybridized carbons (Fsp3) is 0.412. The van der Waals surface area contributed by atoms with Gasteiger partial charge in [0.05, 0.1) is 0 Å². The first-order chi connectivity index (χ1) is 21.0. The number of aryl methyl sites for hydroxylation is 2. The Morgan fingerprint density at radius 3 is 2.53 bits per heavy atom. The van der Waals surface area contributed by atoms with Gasteiger partial charge in [0.1, 0.15) is 6.04 Å². The number of unbranched alkanes of at least 4 members (excludes halogenated alkanes) is 1. The second-order valence-corrected chi connectivity index (χ2v) is 11.9. The van der Waals surface area contributed by atoms with Gasteiger partial charge in [-0.3, -0.25) is 19.6 Å². The number of amides is 2. The van der Waals surface area contributed by atoms with Crippen LogP contribution in [0.3, 0.4) is 0 Å². The smallest absolute Gasteiger partial charge is 0.249 e. The lowest BCUT2D eigenvalue weighted by atomic mass is 9.89. The van der Waals surface area contributed by atoms with Gasteiger partial charge in [0, 0.05) is 43.0 Å². The summed E-state index contributed by atoms with van der Waals surface area (Å²) in [6.07, 6.45) is 9.43. The molecule has 4 heterocycles. The highest BCUT2D eigenvalue weighted by Crippen LogP contribution is 2.30. The van der Waals surface area contributed by atoms with Gasteiger partial charge in [0.25, 0.3) is 0 Å². The number of rotatable bonds is 10. The van der Waals surface area contributed by atoms with Crippen molar-refractivity contribution in [1.82, 2.24) is 25.0 Å². The first-order valence-corrected chi connectivity index (χ1v) is 15.5. The number of fused-ring (bicyclic) bond motifs is 1. The molecule has 2 aliphatic heterocycles. The normalized spacial score (nSPS) is 18.2. The van der Waals surface area contributed by atoms with E-state index in [4.69, 9.17) is 10.8 Å². The summed E-state index contributed by atoms with van der Waals surface area (Å²) in [6.45, 7) is 6.88. The Kier molecular flexibility index (Phi) is 8.81. The molecule has 43 heavy (non-hydrogen) atoms. The zero-order chi connectivity index (χ0) is 29.8. The number of hydrogen-bond donors (Lipinski definition) is 3. The zero-order valence-corrected chi connectivity index (χ0v) is 24.9. The number of aromatic nitrogens is 3. The Morgan fingerprint density at radius 2 is 1.79 bits per heavy atom. The van der Waals surface area contributed by atoms with Gasteiger partial charge in [-0.15, -0.1) is 0 Å². The minimum Gasteiger partial charge on any atom is -0.374 e. The van der Waals surface area contributed by atoms with Crippen molar-refractivity contribution in [1.29, 1.82) is 0 Å². The van der Waals surface area contributed by atoms with Gasteiger partial charge < -0.3 is 16.0 Å². The van der Waals surface area contributed by atoms with Crippen LogP contribution >= 0.6 is 0 Å². The third-order valence-corrected chi connectivity index (χ3v) is 9.01. The third kappa shape index (κ3) is 6.78. The predicted molar refractivity (Wildman–Crippen MR) is 169 cm³/mol. The van der Waals surface area contributed by atoms with Crippen molar-refractivity contribution in [2.45, 2.75) is 70.5 Å². The monoisotopic (exact) mass is 579 g/mol. The Morgan fingerprint density at radius 1 is 1.00 bits per heavy atom. The van der Waals surface area contributed by atoms with Crippen LogP contribution < -0.4 is 16.4 Å². The van der Waals surface area contributed by atoms with Crippen LogP contribution in [0.2, 0.25) is 0 Å². The van der Waals surface area contributed by atoms with Crippen LogP contribution in [0, 0.1) is 6.92 Å². The van der Waals surface area contributed by atoms with Crippen LogP contribution in [0.25, 0.3) is 22.2 Å². The van der Waals surface area contributed by atoms with Crippen molar-refractivity contribution in [3.63, 3.8) is 0 Å². The van der Waals surface area contributed by atoms with E-state index in [-0.39, 0.29) is 17.9 Å². The molecular formula is C34H41N7O2. The van der Waals surface area contributed by atoms with Crippen LogP contribution in [-0.2, 0) is 22.7 Å². The van der Waals surface area contributed by atoms with Gasteiger partial charge in [0.2, 0.25) is 11.8 Å². The highest BCUT2D eigenvalue weighted by atomic mass is 16.2. The molecule has 2 amide bonds. The summed E-state index contributed by atoms with van der Waals surface area (Å²) < 4.78 is 2.05. The number of carbonyl (C=O) groups excluding carboxylic acids is 2. The van der Waals surface area contributed by atoms with Gasteiger partial charge >= 0.3 is 0 Å². The minimum absolute atomic E-state index is 0.191. The second kappa shape index (κ2) is 13.1. The van der Waals surface area contributed by atoms with E-state index in [2.05, 4.69) is 82.2 Å². The number of anilines is 1. The molecule has 2 aromatic heterocycles. The van der Waals surface area contributed by atoms with E-state index < -0.39 is 0 Å². The SMILES string of the molecule is Cc1cc(-c2ccnc3nn(CCCCN4CCC(c5ccc(NC6CCC(=O)NC6=O)cc5)CC4)cc23)ccc1CN. The predicted octanol–water partition coefficient (Wildman–Crippen LogP) is 4.74. The first-order valence-electron chi connectivity index (χ1n) is 15.5. The number of nitrogens with zero attached hydrogens (tertiary/aromatic N) is 4. The average molecular weight is 580 g/mol. The second-order valence-electron chi connectivity index (χ2n) is 11.9. The molecule has 0 radical (unpaired) electrons. The molecule has 4 N–H and O–H groups in total. The van der Waals surface area contributed by atoms with Crippen molar-refractivity contribution < 1.29 is 9.59 Å². The van der Waals surface area contributed by atoms with E-state index in [0.29, 0.717) is 25.3 Å². The highest BCUT2D eigenvalue weighted by molar-refractivity contribution is 6.01. The number of likely N-dealkylation sites (tertiary alicyclic amines) is 1. The van der Waals surface area contributed by atoms with E-state index in [9.17, 15) is 9.59 Å². The molecule has 1 atom stereocenters. The number of piperidine rings is 2. The van der Waals surface area contributed by atoms with Crippen molar-refractivity contribution >= 4 is 28.5 Å². The van der Waals surface area contributed by atoms with Gasteiger partial charge in [-0.2, -0.15) is 5.10 Å². The maximum absolute atomic E-state index is 12.0. The Bertz CT molecular complexity index is 1590. The molecule has 2 fully saturated rings. The quantitative estimate of drug-likeness (QED) is 0.183. The van der Waals surface area contributed by atoms with Crippen LogP contribution in [0.5, 0.6) is 0 Å². The molecule has 2 aromatic carbocycles. The van der Waals surface area contributed by atoms with Gasteiger partial charge in [-0.05, 0) is 111 Å². The fourth-order valence-corrected chi connectivity index (χ4v) is 6.41. The van der Waals surface area contributed by atoms with Crippen LogP contribution in [0.4, 0.5) is 5.69 Å². The molecule has 0 bridgehead atoms. The molecule has 6 rings (SSSR count). The molecule has 9 nitrogen and oxygen atoms in total. The molecule has 4 aromatic rings. The lowest BCUT2D eigenvalue weighted by Gasteiger charge is -2.32. The standard InChI is InChI=1S/C34H41N7O2/c1-23-20-26(4-5-27(23)21-35)29-12-15-36-33-30(29)22-41(39-33)17-3-2-16-40-18-13-25(14-19-40)24-6-8-28(9-7-24)37-31-10-11-32(42)38-34(31)43/h4-9,12,15,20,22,25,31,37H,2-3,10-11,13-14,16-19,21,35H2,1H3,(H,38,42,43). The first kappa shape index (κ1) is 29.0. The maximum atomic E-state index is 12.0.